The zero-order chi connectivity index (χ0) is 14.8. The van der Waals surface area contributed by atoms with E-state index < -0.39 is 0 Å². The zero-order valence-corrected chi connectivity index (χ0v) is 12.4. The van der Waals surface area contributed by atoms with Crippen LogP contribution in [0.25, 0.3) is 10.2 Å². The number of rotatable bonds is 4. The molecule has 2 N–H and O–H groups in total. The average Bonchev–Trinajstić information content (AvgIpc) is 2.93. The summed E-state index contributed by atoms with van der Waals surface area (Å²) in [7, 11) is 0. The van der Waals surface area contributed by atoms with E-state index >= 15 is 0 Å². The van der Waals surface area contributed by atoms with Crippen LogP contribution in [0.15, 0.2) is 35.7 Å². The summed E-state index contributed by atoms with van der Waals surface area (Å²) in [4.78, 5) is 11.8. The van der Waals surface area contributed by atoms with Crippen molar-refractivity contribution in [3.8, 4) is 0 Å². The molecule has 21 heavy (non-hydrogen) atoms. The molecule has 0 bridgehead atoms. The van der Waals surface area contributed by atoms with Gasteiger partial charge >= 0.3 is 0 Å². The summed E-state index contributed by atoms with van der Waals surface area (Å²) in [5, 5.41) is 2.83. The lowest BCUT2D eigenvalue weighted by atomic mass is 10.2. The number of aromatic nitrogens is 2. The largest absolute Gasteiger partial charge is 0.383 e. The van der Waals surface area contributed by atoms with E-state index in [1.165, 1.54) is 23.5 Å². The first-order valence-electron chi connectivity index (χ1n) is 6.67. The minimum absolute atomic E-state index is 0.250. The Morgan fingerprint density at radius 1 is 1.29 bits per heavy atom. The highest BCUT2D eigenvalue weighted by Gasteiger charge is 2.11. The van der Waals surface area contributed by atoms with Gasteiger partial charge in [0, 0.05) is 12.2 Å². The first-order chi connectivity index (χ1) is 10.2. The number of nitrogens with two attached hydrogens (primary N) is 1. The Labute approximate surface area is 126 Å². The van der Waals surface area contributed by atoms with Crippen LogP contribution in [0.1, 0.15) is 12.7 Å². The Balaban J connectivity index is 1.92. The molecule has 0 amide bonds. The van der Waals surface area contributed by atoms with Crippen molar-refractivity contribution >= 4 is 33.1 Å². The van der Waals surface area contributed by atoms with Crippen LogP contribution in [0.3, 0.4) is 0 Å². The van der Waals surface area contributed by atoms with Gasteiger partial charge in [0.2, 0.25) is 0 Å². The second-order valence-corrected chi connectivity index (χ2v) is 5.55. The number of nitrogen functional groups attached to an aromatic ring is 1. The third-order valence-electron chi connectivity index (χ3n) is 3.29. The average molecular weight is 302 g/mol. The molecule has 0 aliphatic rings. The van der Waals surface area contributed by atoms with Crippen LogP contribution in [0.5, 0.6) is 0 Å². The monoisotopic (exact) mass is 302 g/mol. The van der Waals surface area contributed by atoms with Gasteiger partial charge in [-0.2, -0.15) is 0 Å². The Kier molecular flexibility index (Phi) is 3.70. The van der Waals surface area contributed by atoms with Crippen molar-refractivity contribution in [1.29, 1.82) is 0 Å². The van der Waals surface area contributed by atoms with Crippen LogP contribution >= 0.6 is 11.3 Å². The van der Waals surface area contributed by atoms with E-state index in [0.29, 0.717) is 18.2 Å². The molecule has 0 unspecified atom stereocenters. The summed E-state index contributed by atoms with van der Waals surface area (Å²) in [6, 6.07) is 8.44. The van der Waals surface area contributed by atoms with E-state index in [0.717, 1.165) is 22.4 Å². The van der Waals surface area contributed by atoms with E-state index in [1.54, 1.807) is 6.07 Å². The van der Waals surface area contributed by atoms with Gasteiger partial charge in [-0.05, 0) is 36.6 Å². The van der Waals surface area contributed by atoms with Gasteiger partial charge in [-0.3, -0.25) is 0 Å². The van der Waals surface area contributed by atoms with Crippen molar-refractivity contribution < 1.29 is 4.39 Å². The first-order valence-corrected chi connectivity index (χ1v) is 7.55. The summed E-state index contributed by atoms with van der Waals surface area (Å²) in [5.74, 6) is 0.889. The lowest BCUT2D eigenvalue weighted by Gasteiger charge is -2.22. The lowest BCUT2D eigenvalue weighted by Crippen LogP contribution is -2.23. The molecular formula is C15H15FN4S. The number of thiophene rings is 1. The zero-order valence-electron chi connectivity index (χ0n) is 11.6. The molecule has 1 aromatic carbocycles. The molecule has 108 valence electrons. The number of anilines is 2. The highest BCUT2D eigenvalue weighted by atomic mass is 32.1. The number of hydrogen-bond acceptors (Lipinski definition) is 5. The van der Waals surface area contributed by atoms with Crippen molar-refractivity contribution in [2.75, 3.05) is 17.2 Å². The van der Waals surface area contributed by atoms with Gasteiger partial charge in [-0.1, -0.05) is 6.07 Å². The number of halogens is 1. The number of hydrogen-bond donors (Lipinski definition) is 1. The van der Waals surface area contributed by atoms with E-state index in [-0.39, 0.29) is 5.82 Å². The molecule has 0 spiro atoms. The lowest BCUT2D eigenvalue weighted by molar-refractivity contribution is 0.626. The Hall–Kier alpha value is -2.21. The van der Waals surface area contributed by atoms with Gasteiger partial charge in [-0.25, -0.2) is 14.4 Å². The maximum Gasteiger partial charge on any atom is 0.151 e. The van der Waals surface area contributed by atoms with Crippen molar-refractivity contribution in [2.45, 2.75) is 13.5 Å². The maximum absolute atomic E-state index is 13.4. The van der Waals surface area contributed by atoms with E-state index in [1.807, 2.05) is 29.3 Å². The molecule has 0 saturated carbocycles. The molecule has 4 nitrogen and oxygen atoms in total. The number of benzene rings is 1. The highest BCUT2D eigenvalue weighted by molar-refractivity contribution is 7.16. The molecule has 6 heteroatoms. The quantitative estimate of drug-likeness (QED) is 0.802. The van der Waals surface area contributed by atoms with E-state index in [9.17, 15) is 4.39 Å². The van der Waals surface area contributed by atoms with Gasteiger partial charge in [0.1, 0.15) is 16.5 Å². The fraction of sp³-hybridized carbons (Fsp3) is 0.200. The smallest absolute Gasteiger partial charge is 0.151 e. The van der Waals surface area contributed by atoms with Gasteiger partial charge < -0.3 is 10.6 Å². The van der Waals surface area contributed by atoms with E-state index in [2.05, 4.69) is 9.97 Å². The molecule has 0 radical (unpaired) electrons. The number of fused-ring (bicyclic) bond motifs is 1. The van der Waals surface area contributed by atoms with Crippen molar-refractivity contribution in [3.63, 3.8) is 0 Å². The minimum Gasteiger partial charge on any atom is -0.383 e. The van der Waals surface area contributed by atoms with Crippen molar-refractivity contribution in [1.82, 2.24) is 9.97 Å². The van der Waals surface area contributed by atoms with Gasteiger partial charge in [0.25, 0.3) is 0 Å². The first kappa shape index (κ1) is 13.8. The third-order valence-corrected chi connectivity index (χ3v) is 4.09. The topological polar surface area (TPSA) is 55.0 Å². The van der Waals surface area contributed by atoms with E-state index in [4.69, 9.17) is 5.73 Å². The normalized spacial score (nSPS) is 11.0. The maximum atomic E-state index is 13.4. The molecule has 0 fully saturated rings. The summed E-state index contributed by atoms with van der Waals surface area (Å²) < 4.78 is 13.4. The molecule has 2 heterocycles. The van der Waals surface area contributed by atoms with Crippen LogP contribution in [0.4, 0.5) is 15.9 Å². The predicted octanol–water partition coefficient (Wildman–Crippen LogP) is 3.44. The van der Waals surface area contributed by atoms with Gasteiger partial charge in [0.05, 0.1) is 11.9 Å². The fourth-order valence-corrected chi connectivity index (χ4v) is 3.01. The highest BCUT2D eigenvalue weighted by Crippen LogP contribution is 2.24. The molecule has 3 aromatic rings. The van der Waals surface area contributed by atoms with Gasteiger partial charge in [0.15, 0.2) is 5.82 Å². The van der Waals surface area contributed by atoms with Gasteiger partial charge in [-0.15, -0.1) is 11.3 Å². The Bertz CT molecular complexity index is 771. The summed E-state index contributed by atoms with van der Waals surface area (Å²) >= 11 is 1.54. The summed E-state index contributed by atoms with van der Waals surface area (Å²) in [6.07, 6.45) is 0. The molecular weight excluding hydrogens is 287 g/mol. The molecule has 2 aromatic heterocycles. The second kappa shape index (κ2) is 5.65. The van der Waals surface area contributed by atoms with Crippen molar-refractivity contribution in [3.05, 3.63) is 47.4 Å². The third kappa shape index (κ3) is 2.80. The predicted molar refractivity (Wildman–Crippen MR) is 85.0 cm³/mol. The Morgan fingerprint density at radius 3 is 2.90 bits per heavy atom. The fourth-order valence-electron chi connectivity index (χ4n) is 2.22. The van der Waals surface area contributed by atoms with Crippen LogP contribution in [0.2, 0.25) is 0 Å². The van der Waals surface area contributed by atoms with Crippen LogP contribution in [-0.4, -0.2) is 16.5 Å². The SMILES string of the molecule is CCN(Cc1nc(N)c2ccsc2n1)c1cccc(F)c1. The van der Waals surface area contributed by atoms with Crippen LogP contribution in [-0.2, 0) is 6.54 Å². The van der Waals surface area contributed by atoms with Crippen LogP contribution < -0.4 is 10.6 Å². The summed E-state index contributed by atoms with van der Waals surface area (Å²) in [6.45, 7) is 3.24. The van der Waals surface area contributed by atoms with Crippen molar-refractivity contribution in [2.24, 2.45) is 0 Å². The second-order valence-electron chi connectivity index (χ2n) is 4.66. The molecule has 3 rings (SSSR count). The molecule has 0 saturated heterocycles. The molecule has 0 aliphatic heterocycles. The molecule has 0 atom stereocenters. The molecule has 0 aliphatic carbocycles. The van der Waals surface area contributed by atoms with Crippen LogP contribution in [0, 0.1) is 5.82 Å². The minimum atomic E-state index is -0.250. The number of nitrogens with zero attached hydrogens (tertiary/aromatic N) is 3. The Morgan fingerprint density at radius 2 is 2.14 bits per heavy atom. The summed E-state index contributed by atoms with van der Waals surface area (Å²) in [5.41, 5.74) is 6.77. The standard InChI is InChI=1S/C15H15FN4S/c1-2-20(11-5-3-4-10(16)8-11)9-13-18-14(17)12-6-7-21-15(12)19-13/h3-8H,2,9H2,1H3,(H2,17,18,19).